The van der Waals surface area contributed by atoms with Crippen molar-refractivity contribution in [2.75, 3.05) is 11.4 Å². The van der Waals surface area contributed by atoms with Crippen LogP contribution in [0.5, 0.6) is 0 Å². The average Bonchev–Trinajstić information content (AvgIpc) is 2.49. The summed E-state index contributed by atoms with van der Waals surface area (Å²) in [4.78, 5) is 25.3. The first-order chi connectivity index (χ1) is 9.63. The van der Waals surface area contributed by atoms with Gasteiger partial charge in [0.05, 0.1) is 5.92 Å². The fraction of sp³-hybridized carbons (Fsp3) is 0.500. The molecule has 20 heavy (non-hydrogen) atoms. The normalized spacial score (nSPS) is 22.2. The molecule has 1 aliphatic rings. The van der Waals surface area contributed by atoms with E-state index in [0.29, 0.717) is 32.2 Å². The van der Waals surface area contributed by atoms with Gasteiger partial charge < -0.3 is 10.0 Å². The van der Waals surface area contributed by atoms with Crippen molar-refractivity contribution in [1.82, 2.24) is 0 Å². The van der Waals surface area contributed by atoms with Crippen molar-refractivity contribution in [1.29, 1.82) is 0 Å². The lowest BCUT2D eigenvalue weighted by atomic mass is 9.81. The Morgan fingerprint density at radius 2 is 1.65 bits per heavy atom. The second kappa shape index (κ2) is 6.55. The third kappa shape index (κ3) is 3.18. The zero-order chi connectivity index (χ0) is 14.5. The highest BCUT2D eigenvalue weighted by atomic mass is 16.4. The number of rotatable bonds is 4. The summed E-state index contributed by atoms with van der Waals surface area (Å²) < 4.78 is 0. The number of aliphatic carboxylic acids is 1. The molecule has 1 amide bonds. The molecule has 1 aliphatic carbocycles. The van der Waals surface area contributed by atoms with Crippen LogP contribution in [0.1, 0.15) is 32.6 Å². The van der Waals surface area contributed by atoms with Crippen molar-refractivity contribution < 1.29 is 14.7 Å². The summed E-state index contributed by atoms with van der Waals surface area (Å²) in [5.74, 6) is -0.912. The van der Waals surface area contributed by atoms with Gasteiger partial charge in [0.1, 0.15) is 0 Å². The molecular formula is C16H21NO3. The second-order valence-corrected chi connectivity index (χ2v) is 5.30. The molecule has 108 valence electrons. The maximum atomic E-state index is 12.6. The van der Waals surface area contributed by atoms with Crippen LogP contribution in [-0.2, 0) is 9.59 Å². The zero-order valence-electron chi connectivity index (χ0n) is 11.8. The summed E-state index contributed by atoms with van der Waals surface area (Å²) in [6.07, 6.45) is 2.58. The van der Waals surface area contributed by atoms with E-state index in [4.69, 9.17) is 5.11 Å². The van der Waals surface area contributed by atoms with Crippen molar-refractivity contribution in [2.24, 2.45) is 11.8 Å². The molecule has 1 aromatic rings. The van der Waals surface area contributed by atoms with Gasteiger partial charge in [-0.1, -0.05) is 18.2 Å². The minimum Gasteiger partial charge on any atom is -0.481 e. The Balaban J connectivity index is 2.02. The van der Waals surface area contributed by atoms with E-state index in [-0.39, 0.29) is 17.7 Å². The van der Waals surface area contributed by atoms with Crippen LogP contribution in [0.3, 0.4) is 0 Å². The van der Waals surface area contributed by atoms with E-state index in [0.717, 1.165) is 5.69 Å². The number of carbonyl (C=O) groups is 2. The van der Waals surface area contributed by atoms with Gasteiger partial charge >= 0.3 is 5.97 Å². The molecule has 0 saturated heterocycles. The largest absolute Gasteiger partial charge is 0.481 e. The third-order valence-electron chi connectivity index (χ3n) is 4.08. The minimum atomic E-state index is -0.730. The summed E-state index contributed by atoms with van der Waals surface area (Å²) in [7, 11) is 0. The number of nitrogens with zero attached hydrogens (tertiary/aromatic N) is 1. The van der Waals surface area contributed by atoms with E-state index in [1.165, 1.54) is 0 Å². The van der Waals surface area contributed by atoms with Crippen LogP contribution >= 0.6 is 0 Å². The highest BCUT2D eigenvalue weighted by Crippen LogP contribution is 2.31. The summed E-state index contributed by atoms with van der Waals surface area (Å²) in [6, 6.07) is 9.65. The van der Waals surface area contributed by atoms with Crippen LogP contribution in [0.4, 0.5) is 5.69 Å². The number of amides is 1. The van der Waals surface area contributed by atoms with Crippen molar-refractivity contribution >= 4 is 17.6 Å². The molecule has 0 aliphatic heterocycles. The van der Waals surface area contributed by atoms with E-state index in [2.05, 4.69) is 0 Å². The van der Waals surface area contributed by atoms with Crippen molar-refractivity contribution in [3.63, 3.8) is 0 Å². The van der Waals surface area contributed by atoms with Gasteiger partial charge in [-0.05, 0) is 44.7 Å². The Morgan fingerprint density at radius 1 is 1.10 bits per heavy atom. The lowest BCUT2D eigenvalue weighted by Gasteiger charge is -2.30. The standard InChI is InChI=1S/C16H21NO3/c1-2-17(14-6-4-3-5-7-14)15(18)12-8-10-13(11-9-12)16(19)20/h3-7,12-13H,2,8-11H2,1H3,(H,19,20). The van der Waals surface area contributed by atoms with Crippen LogP contribution in [0.15, 0.2) is 30.3 Å². The molecular weight excluding hydrogens is 254 g/mol. The maximum Gasteiger partial charge on any atom is 0.306 e. The predicted molar refractivity (Wildman–Crippen MR) is 77.6 cm³/mol. The Labute approximate surface area is 119 Å². The van der Waals surface area contributed by atoms with E-state index in [1.54, 1.807) is 4.90 Å². The van der Waals surface area contributed by atoms with Gasteiger partial charge in [0.2, 0.25) is 5.91 Å². The highest BCUT2D eigenvalue weighted by molar-refractivity contribution is 5.95. The summed E-state index contributed by atoms with van der Waals surface area (Å²) in [5.41, 5.74) is 0.917. The maximum absolute atomic E-state index is 12.6. The number of carbonyl (C=O) groups excluding carboxylic acids is 1. The quantitative estimate of drug-likeness (QED) is 0.919. The summed E-state index contributed by atoms with van der Waals surface area (Å²) >= 11 is 0. The topological polar surface area (TPSA) is 57.6 Å². The molecule has 1 fully saturated rings. The molecule has 0 aromatic heterocycles. The Morgan fingerprint density at radius 3 is 2.15 bits per heavy atom. The first-order valence-electron chi connectivity index (χ1n) is 7.22. The van der Waals surface area contributed by atoms with Gasteiger partial charge in [0, 0.05) is 18.2 Å². The monoisotopic (exact) mass is 275 g/mol. The van der Waals surface area contributed by atoms with Crippen LogP contribution in [0, 0.1) is 11.8 Å². The SMILES string of the molecule is CCN(C(=O)C1CCC(C(=O)O)CC1)c1ccccc1. The molecule has 1 N–H and O–H groups in total. The van der Waals surface area contributed by atoms with Crippen molar-refractivity contribution in [2.45, 2.75) is 32.6 Å². The smallest absolute Gasteiger partial charge is 0.306 e. The summed E-state index contributed by atoms with van der Waals surface area (Å²) in [5, 5.41) is 9.00. The molecule has 2 rings (SSSR count). The number of hydrogen-bond donors (Lipinski definition) is 1. The van der Waals surface area contributed by atoms with Crippen LogP contribution in [-0.4, -0.2) is 23.5 Å². The number of benzene rings is 1. The molecule has 0 unspecified atom stereocenters. The highest BCUT2D eigenvalue weighted by Gasteiger charge is 2.32. The molecule has 1 saturated carbocycles. The fourth-order valence-electron chi connectivity index (χ4n) is 2.88. The van der Waals surface area contributed by atoms with E-state index in [1.807, 2.05) is 37.3 Å². The Bertz CT molecular complexity index is 464. The molecule has 0 spiro atoms. The molecule has 4 nitrogen and oxygen atoms in total. The van der Waals surface area contributed by atoms with Crippen LogP contribution in [0.2, 0.25) is 0 Å². The van der Waals surface area contributed by atoms with Crippen LogP contribution in [0.25, 0.3) is 0 Å². The first-order valence-corrected chi connectivity index (χ1v) is 7.22. The minimum absolute atomic E-state index is 0.0363. The number of hydrogen-bond acceptors (Lipinski definition) is 2. The van der Waals surface area contributed by atoms with Crippen LogP contribution < -0.4 is 4.90 Å². The van der Waals surface area contributed by atoms with Gasteiger partial charge in [-0.2, -0.15) is 0 Å². The number of anilines is 1. The van der Waals surface area contributed by atoms with Gasteiger partial charge in [0.15, 0.2) is 0 Å². The van der Waals surface area contributed by atoms with Crippen molar-refractivity contribution in [3.8, 4) is 0 Å². The van der Waals surface area contributed by atoms with Crippen molar-refractivity contribution in [3.05, 3.63) is 30.3 Å². The fourth-order valence-corrected chi connectivity index (χ4v) is 2.88. The lowest BCUT2D eigenvalue weighted by molar-refractivity contribution is -0.144. The van der Waals surface area contributed by atoms with Gasteiger partial charge in [-0.25, -0.2) is 0 Å². The summed E-state index contributed by atoms with van der Waals surface area (Å²) in [6.45, 7) is 2.61. The van der Waals surface area contributed by atoms with E-state index >= 15 is 0 Å². The number of carboxylic acid groups (broad SMARTS) is 1. The Hall–Kier alpha value is -1.84. The Kier molecular flexibility index (Phi) is 4.77. The van der Waals surface area contributed by atoms with Gasteiger partial charge in [0.25, 0.3) is 0 Å². The number of carboxylic acids is 1. The molecule has 0 atom stereocenters. The van der Waals surface area contributed by atoms with E-state index in [9.17, 15) is 9.59 Å². The molecule has 0 radical (unpaired) electrons. The lowest BCUT2D eigenvalue weighted by Crippen LogP contribution is -2.38. The van der Waals surface area contributed by atoms with Gasteiger partial charge in [-0.3, -0.25) is 9.59 Å². The predicted octanol–water partition coefficient (Wildman–Crippen LogP) is 2.93. The molecule has 1 aromatic carbocycles. The second-order valence-electron chi connectivity index (χ2n) is 5.30. The average molecular weight is 275 g/mol. The van der Waals surface area contributed by atoms with E-state index < -0.39 is 5.97 Å². The molecule has 0 bridgehead atoms. The van der Waals surface area contributed by atoms with Gasteiger partial charge in [-0.15, -0.1) is 0 Å². The number of para-hydroxylation sites is 1. The third-order valence-corrected chi connectivity index (χ3v) is 4.08. The molecule has 0 heterocycles. The zero-order valence-corrected chi connectivity index (χ0v) is 11.8. The first kappa shape index (κ1) is 14.6. The molecule has 4 heteroatoms.